The van der Waals surface area contributed by atoms with Crippen molar-refractivity contribution in [3.8, 4) is 17.1 Å². The first-order valence-electron chi connectivity index (χ1n) is 7.06. The second-order valence-corrected chi connectivity index (χ2v) is 5.50. The molecule has 24 heavy (non-hydrogen) atoms. The summed E-state index contributed by atoms with van der Waals surface area (Å²) in [5, 5.41) is 7.81. The largest absolute Gasteiger partial charge is 0.493 e. The minimum absolute atomic E-state index is 0.0144. The van der Waals surface area contributed by atoms with Gasteiger partial charge in [-0.05, 0) is 19.1 Å². The van der Waals surface area contributed by atoms with E-state index in [1.165, 1.54) is 6.20 Å². The Balaban J connectivity index is 1.90. The maximum absolute atomic E-state index is 12.0. The van der Waals surface area contributed by atoms with Gasteiger partial charge in [0, 0.05) is 0 Å². The van der Waals surface area contributed by atoms with Crippen LogP contribution in [0.1, 0.15) is 12.8 Å². The molecule has 7 nitrogen and oxygen atoms in total. The molecular weight excluding hydrogens is 355 g/mol. The maximum atomic E-state index is 12.0. The summed E-state index contributed by atoms with van der Waals surface area (Å²) in [5.74, 6) is 1.23. The van der Waals surface area contributed by atoms with Crippen LogP contribution in [-0.2, 0) is 6.54 Å². The molecule has 2 heterocycles. The van der Waals surface area contributed by atoms with Crippen molar-refractivity contribution in [1.29, 1.82) is 0 Å². The van der Waals surface area contributed by atoms with Crippen LogP contribution in [0.5, 0.6) is 5.75 Å². The van der Waals surface area contributed by atoms with Gasteiger partial charge in [-0.3, -0.25) is 4.79 Å². The van der Waals surface area contributed by atoms with E-state index in [0.29, 0.717) is 23.7 Å². The molecule has 0 aliphatic heterocycles. The van der Waals surface area contributed by atoms with Gasteiger partial charge in [0.25, 0.3) is 5.56 Å². The van der Waals surface area contributed by atoms with Gasteiger partial charge in [-0.15, -0.1) is 0 Å². The van der Waals surface area contributed by atoms with Crippen LogP contribution >= 0.6 is 23.2 Å². The van der Waals surface area contributed by atoms with Gasteiger partial charge < -0.3 is 9.26 Å². The molecule has 0 bridgehead atoms. The monoisotopic (exact) mass is 366 g/mol. The van der Waals surface area contributed by atoms with Crippen LogP contribution < -0.4 is 10.3 Å². The molecule has 0 fully saturated rings. The van der Waals surface area contributed by atoms with Crippen LogP contribution in [0.3, 0.4) is 0 Å². The second-order valence-electron chi connectivity index (χ2n) is 4.71. The minimum atomic E-state index is -0.529. The van der Waals surface area contributed by atoms with Gasteiger partial charge in [0.05, 0.1) is 23.4 Å². The quantitative estimate of drug-likeness (QED) is 0.689. The van der Waals surface area contributed by atoms with E-state index in [-0.39, 0.29) is 22.5 Å². The molecule has 0 aliphatic rings. The van der Waals surface area contributed by atoms with Gasteiger partial charge in [0.1, 0.15) is 17.3 Å². The molecule has 0 atom stereocenters. The summed E-state index contributed by atoms with van der Waals surface area (Å²) in [4.78, 5) is 16.3. The lowest BCUT2D eigenvalue weighted by atomic mass is 10.2. The summed E-state index contributed by atoms with van der Waals surface area (Å²) in [5.41, 5.74) is 0.169. The van der Waals surface area contributed by atoms with E-state index in [1.54, 1.807) is 0 Å². The molecular formula is C15H12Cl2N4O3. The Bertz CT molecular complexity index is 923. The first-order valence-corrected chi connectivity index (χ1v) is 7.81. The third-order valence-corrected chi connectivity index (χ3v) is 3.87. The number of aromatic nitrogens is 4. The molecule has 1 aromatic carbocycles. The van der Waals surface area contributed by atoms with Crippen LogP contribution in [0.2, 0.25) is 10.0 Å². The lowest BCUT2D eigenvalue weighted by molar-refractivity contribution is 0.340. The maximum Gasteiger partial charge on any atom is 0.287 e. The van der Waals surface area contributed by atoms with Crippen LogP contribution in [0.4, 0.5) is 0 Å². The zero-order valence-corrected chi connectivity index (χ0v) is 14.1. The van der Waals surface area contributed by atoms with Crippen molar-refractivity contribution in [2.75, 3.05) is 6.61 Å². The topological polar surface area (TPSA) is 83.0 Å². The Morgan fingerprint density at radius 2 is 2.08 bits per heavy atom. The molecule has 0 N–H and O–H groups in total. The van der Waals surface area contributed by atoms with E-state index >= 15 is 0 Å². The average Bonchev–Trinajstić information content (AvgIpc) is 3.05. The predicted molar refractivity (Wildman–Crippen MR) is 88.5 cm³/mol. The van der Waals surface area contributed by atoms with Gasteiger partial charge in [-0.1, -0.05) is 40.5 Å². The Morgan fingerprint density at radius 3 is 2.88 bits per heavy atom. The fraction of sp³-hybridized carbons (Fsp3) is 0.200. The first kappa shape index (κ1) is 16.5. The van der Waals surface area contributed by atoms with E-state index in [2.05, 4.69) is 15.2 Å². The van der Waals surface area contributed by atoms with Crippen LogP contribution in [-0.4, -0.2) is 26.5 Å². The van der Waals surface area contributed by atoms with Crippen LogP contribution in [0.25, 0.3) is 11.4 Å². The van der Waals surface area contributed by atoms with Crippen LogP contribution in [0.15, 0.2) is 39.8 Å². The highest BCUT2D eigenvalue weighted by atomic mass is 35.5. The summed E-state index contributed by atoms with van der Waals surface area (Å²) >= 11 is 11.6. The van der Waals surface area contributed by atoms with Gasteiger partial charge >= 0.3 is 0 Å². The van der Waals surface area contributed by atoms with Crippen molar-refractivity contribution >= 4 is 23.2 Å². The molecule has 9 heteroatoms. The Kier molecular flexibility index (Phi) is 4.82. The summed E-state index contributed by atoms with van der Waals surface area (Å²) < 4.78 is 11.8. The molecule has 124 valence electrons. The van der Waals surface area contributed by atoms with Crippen molar-refractivity contribution in [2.24, 2.45) is 0 Å². The van der Waals surface area contributed by atoms with Gasteiger partial charge in [-0.25, -0.2) is 4.68 Å². The number of hydrogen-bond acceptors (Lipinski definition) is 6. The highest BCUT2D eigenvalue weighted by Gasteiger charge is 2.15. The molecule has 0 radical (unpaired) electrons. The number of para-hydroxylation sites is 1. The van der Waals surface area contributed by atoms with Crippen molar-refractivity contribution in [3.05, 3.63) is 56.8 Å². The summed E-state index contributed by atoms with van der Waals surface area (Å²) in [6.07, 6.45) is 1.28. The second kappa shape index (κ2) is 7.02. The van der Waals surface area contributed by atoms with Gasteiger partial charge in [0.15, 0.2) is 0 Å². The average molecular weight is 367 g/mol. The Labute approximate surface area is 146 Å². The lowest BCUT2D eigenvalue weighted by Crippen LogP contribution is -2.23. The van der Waals surface area contributed by atoms with E-state index in [1.807, 2.05) is 31.2 Å². The number of ether oxygens (including phenoxy) is 1. The number of rotatable bonds is 5. The normalized spacial score (nSPS) is 10.8. The van der Waals surface area contributed by atoms with Gasteiger partial charge in [-0.2, -0.15) is 10.1 Å². The zero-order chi connectivity index (χ0) is 17.1. The number of nitrogens with zero attached hydrogens (tertiary/aromatic N) is 4. The van der Waals surface area contributed by atoms with Gasteiger partial charge in [0.2, 0.25) is 11.7 Å². The molecule has 0 aliphatic carbocycles. The number of halogens is 2. The smallest absolute Gasteiger partial charge is 0.287 e. The minimum Gasteiger partial charge on any atom is -0.493 e. The number of benzene rings is 1. The molecule has 3 rings (SSSR count). The third kappa shape index (κ3) is 3.27. The highest BCUT2D eigenvalue weighted by Crippen LogP contribution is 2.27. The van der Waals surface area contributed by atoms with Crippen LogP contribution in [0, 0.1) is 0 Å². The summed E-state index contributed by atoms with van der Waals surface area (Å²) in [7, 11) is 0. The van der Waals surface area contributed by atoms with E-state index < -0.39 is 5.56 Å². The standard InChI is InChI=1S/C15H12Cl2N4O3/c1-2-23-11-6-4-3-5-9(11)14-19-12(24-20-14)8-21-15(22)13(17)10(16)7-18-21/h3-7H,2,8H2,1H3. The molecule has 0 spiro atoms. The van der Waals surface area contributed by atoms with E-state index in [9.17, 15) is 4.79 Å². The fourth-order valence-corrected chi connectivity index (χ4v) is 2.32. The zero-order valence-electron chi connectivity index (χ0n) is 12.6. The van der Waals surface area contributed by atoms with E-state index in [0.717, 1.165) is 4.68 Å². The van der Waals surface area contributed by atoms with E-state index in [4.69, 9.17) is 32.5 Å². The summed E-state index contributed by atoms with van der Waals surface area (Å²) in [6.45, 7) is 2.39. The van der Waals surface area contributed by atoms with Crippen molar-refractivity contribution in [1.82, 2.24) is 19.9 Å². The lowest BCUT2D eigenvalue weighted by Gasteiger charge is -2.06. The fourth-order valence-electron chi connectivity index (χ4n) is 2.05. The molecule has 0 saturated carbocycles. The molecule has 3 aromatic rings. The third-order valence-electron chi connectivity index (χ3n) is 3.12. The number of hydrogen-bond donors (Lipinski definition) is 0. The molecule has 0 unspecified atom stereocenters. The SMILES string of the molecule is CCOc1ccccc1-c1noc(Cn2ncc(Cl)c(Cl)c2=O)n1. The molecule has 2 aromatic heterocycles. The summed E-state index contributed by atoms with van der Waals surface area (Å²) in [6, 6.07) is 7.34. The molecule has 0 amide bonds. The Hall–Kier alpha value is -2.38. The highest BCUT2D eigenvalue weighted by molar-refractivity contribution is 6.41. The Morgan fingerprint density at radius 1 is 1.29 bits per heavy atom. The predicted octanol–water partition coefficient (Wildman–Crippen LogP) is 3.05. The first-order chi connectivity index (χ1) is 11.6. The van der Waals surface area contributed by atoms with Crippen molar-refractivity contribution < 1.29 is 9.26 Å². The molecule has 0 saturated heterocycles. The van der Waals surface area contributed by atoms with Crippen molar-refractivity contribution in [3.63, 3.8) is 0 Å². The van der Waals surface area contributed by atoms with Crippen molar-refractivity contribution in [2.45, 2.75) is 13.5 Å².